The Labute approximate surface area is 166 Å². The van der Waals surface area contributed by atoms with Crippen LogP contribution in [0.15, 0.2) is 55.0 Å². The number of carbonyl (C=O) groups is 2. The molecule has 0 bridgehead atoms. The monoisotopic (exact) mass is 392 g/mol. The van der Waals surface area contributed by atoms with Gasteiger partial charge in [0.2, 0.25) is 5.91 Å². The Morgan fingerprint density at radius 2 is 2.07 bits per heavy atom. The number of anilines is 1. The van der Waals surface area contributed by atoms with E-state index in [4.69, 9.17) is 0 Å². The molecule has 1 aliphatic rings. The molecule has 148 valence electrons. The van der Waals surface area contributed by atoms with Crippen LogP contribution in [0.1, 0.15) is 22.3 Å². The van der Waals surface area contributed by atoms with Crippen molar-refractivity contribution >= 4 is 28.5 Å². The van der Waals surface area contributed by atoms with Gasteiger partial charge in [-0.25, -0.2) is 14.8 Å². The van der Waals surface area contributed by atoms with Crippen LogP contribution in [0.2, 0.25) is 0 Å². The highest BCUT2D eigenvalue weighted by Gasteiger charge is 2.36. The Morgan fingerprint density at radius 3 is 2.83 bits per heavy atom. The lowest BCUT2D eigenvalue weighted by atomic mass is 10.0. The highest BCUT2D eigenvalue weighted by molar-refractivity contribution is 5.96. The number of fused-ring (bicyclic) bond motifs is 1. The second-order valence-corrected chi connectivity index (χ2v) is 7.00. The summed E-state index contributed by atoms with van der Waals surface area (Å²) >= 11 is 0. The first-order valence-electron chi connectivity index (χ1n) is 9.26. The van der Waals surface area contributed by atoms with Crippen LogP contribution >= 0.6 is 0 Å². The zero-order valence-electron chi connectivity index (χ0n) is 15.5. The van der Waals surface area contributed by atoms with Crippen molar-refractivity contribution in [3.63, 3.8) is 0 Å². The summed E-state index contributed by atoms with van der Waals surface area (Å²) in [6, 6.07) is 11.7. The van der Waals surface area contributed by atoms with Gasteiger partial charge in [-0.1, -0.05) is 24.3 Å². The molecule has 8 nitrogen and oxygen atoms in total. The zero-order chi connectivity index (χ0) is 20.4. The van der Waals surface area contributed by atoms with Crippen molar-refractivity contribution in [2.75, 3.05) is 11.4 Å². The summed E-state index contributed by atoms with van der Waals surface area (Å²) in [4.78, 5) is 34.0. The maximum Gasteiger partial charge on any atom is 0.335 e. The number of aromatic nitrogens is 2. The number of aromatic carboxylic acids is 1. The molecule has 0 spiro atoms. The molecule has 2 atom stereocenters. The van der Waals surface area contributed by atoms with Crippen molar-refractivity contribution in [3.05, 3.63) is 66.1 Å². The molecule has 1 saturated heterocycles. The summed E-state index contributed by atoms with van der Waals surface area (Å²) in [6.07, 6.45) is 2.70. The van der Waals surface area contributed by atoms with E-state index in [0.717, 1.165) is 16.3 Å². The summed E-state index contributed by atoms with van der Waals surface area (Å²) in [5, 5.41) is 23.9. The number of nitrogens with zero attached hydrogens (tertiary/aromatic N) is 3. The number of hydrogen-bond acceptors (Lipinski definition) is 6. The minimum atomic E-state index is -0.994. The molecule has 2 heterocycles. The van der Waals surface area contributed by atoms with Gasteiger partial charge in [0.25, 0.3) is 0 Å². The van der Waals surface area contributed by atoms with Crippen LogP contribution < -0.4 is 10.2 Å². The molecular formula is C21H20N4O4. The summed E-state index contributed by atoms with van der Waals surface area (Å²) in [7, 11) is 0. The smallest absolute Gasteiger partial charge is 0.335 e. The molecule has 29 heavy (non-hydrogen) atoms. The van der Waals surface area contributed by atoms with Crippen LogP contribution in [0.3, 0.4) is 0 Å². The number of nitrogens with one attached hydrogen (secondary N) is 1. The number of amides is 1. The van der Waals surface area contributed by atoms with Crippen LogP contribution in [0.5, 0.6) is 0 Å². The normalized spacial score (nSPS) is 18.7. The van der Waals surface area contributed by atoms with Gasteiger partial charge in [0.1, 0.15) is 18.2 Å². The number of carbonyl (C=O) groups excluding carboxylic acids is 1. The highest BCUT2D eigenvalue weighted by Crippen LogP contribution is 2.25. The van der Waals surface area contributed by atoms with E-state index in [2.05, 4.69) is 15.3 Å². The zero-order valence-corrected chi connectivity index (χ0v) is 15.5. The van der Waals surface area contributed by atoms with E-state index in [0.29, 0.717) is 18.8 Å². The number of β-amino-alcohol motifs (C(OH)–C–C–N with tert-alkyl or cyclic N) is 1. The van der Waals surface area contributed by atoms with E-state index in [1.807, 2.05) is 18.2 Å². The SMILES string of the molecule is O=C(O)c1ccc2cccc(CNC(=O)C3CC(O)CN3c3ccncn3)c2c1. The third-order valence-electron chi connectivity index (χ3n) is 5.11. The van der Waals surface area contributed by atoms with E-state index < -0.39 is 18.1 Å². The van der Waals surface area contributed by atoms with E-state index >= 15 is 0 Å². The fourth-order valence-electron chi connectivity index (χ4n) is 3.69. The maximum atomic E-state index is 12.9. The minimum absolute atomic E-state index is 0.199. The Hall–Kier alpha value is -3.52. The molecule has 8 heteroatoms. The second kappa shape index (κ2) is 7.84. The van der Waals surface area contributed by atoms with Crippen LogP contribution in [0, 0.1) is 0 Å². The fourth-order valence-corrected chi connectivity index (χ4v) is 3.69. The molecule has 3 N–H and O–H groups in total. The highest BCUT2D eigenvalue weighted by atomic mass is 16.4. The van der Waals surface area contributed by atoms with Crippen molar-refractivity contribution in [1.82, 2.24) is 15.3 Å². The van der Waals surface area contributed by atoms with E-state index in [1.54, 1.807) is 35.4 Å². The Balaban J connectivity index is 1.53. The first kappa shape index (κ1) is 18.8. The quantitative estimate of drug-likeness (QED) is 0.604. The van der Waals surface area contributed by atoms with E-state index in [1.165, 1.54) is 6.33 Å². The van der Waals surface area contributed by atoms with Gasteiger partial charge in [-0.15, -0.1) is 0 Å². The van der Waals surface area contributed by atoms with Gasteiger partial charge >= 0.3 is 5.97 Å². The Kier molecular flexibility index (Phi) is 5.09. The standard InChI is InChI=1S/C21H20N4O4/c26-16-9-18(25(11-16)19-6-7-22-12-24-19)20(27)23-10-15-3-1-2-13-4-5-14(21(28)29)8-17(13)15/h1-8,12,16,18,26H,9-11H2,(H,23,27)(H,28,29). The Bertz CT molecular complexity index is 1060. The van der Waals surface area contributed by atoms with Gasteiger partial charge in [-0.2, -0.15) is 0 Å². The van der Waals surface area contributed by atoms with Crippen LogP contribution in [0.4, 0.5) is 5.82 Å². The predicted octanol–water partition coefficient (Wildman–Crippen LogP) is 1.58. The summed E-state index contributed by atoms with van der Waals surface area (Å²) in [6.45, 7) is 0.578. The van der Waals surface area contributed by atoms with Gasteiger partial charge in [0, 0.05) is 25.7 Å². The molecule has 0 aliphatic carbocycles. The molecule has 1 aromatic heterocycles. The molecule has 0 saturated carbocycles. The average molecular weight is 392 g/mol. The van der Waals surface area contributed by atoms with Gasteiger partial charge in [-0.3, -0.25) is 4.79 Å². The lowest BCUT2D eigenvalue weighted by Gasteiger charge is -2.24. The number of hydrogen-bond donors (Lipinski definition) is 3. The van der Waals surface area contributed by atoms with Crippen LogP contribution in [-0.4, -0.2) is 50.7 Å². The Morgan fingerprint density at radius 1 is 1.21 bits per heavy atom. The van der Waals surface area contributed by atoms with Crippen LogP contribution in [0.25, 0.3) is 10.8 Å². The third-order valence-corrected chi connectivity index (χ3v) is 5.11. The van der Waals surface area contributed by atoms with Gasteiger partial charge in [0.15, 0.2) is 0 Å². The molecule has 2 aromatic carbocycles. The number of rotatable bonds is 5. The van der Waals surface area contributed by atoms with Crippen LogP contribution in [-0.2, 0) is 11.3 Å². The lowest BCUT2D eigenvalue weighted by Crippen LogP contribution is -2.43. The average Bonchev–Trinajstić information content (AvgIpc) is 3.14. The largest absolute Gasteiger partial charge is 0.478 e. The summed E-state index contributed by atoms with van der Waals surface area (Å²) in [5.74, 6) is -0.620. The molecule has 2 unspecified atom stereocenters. The van der Waals surface area contributed by atoms with E-state index in [-0.39, 0.29) is 18.0 Å². The topological polar surface area (TPSA) is 116 Å². The number of carboxylic acid groups (broad SMARTS) is 1. The molecule has 1 amide bonds. The van der Waals surface area contributed by atoms with E-state index in [9.17, 15) is 19.8 Å². The van der Waals surface area contributed by atoms with Crippen molar-refractivity contribution in [3.8, 4) is 0 Å². The van der Waals surface area contributed by atoms with Gasteiger partial charge < -0.3 is 20.4 Å². The minimum Gasteiger partial charge on any atom is -0.478 e. The number of aliphatic hydroxyl groups is 1. The van der Waals surface area contributed by atoms with Gasteiger partial charge in [-0.05, 0) is 34.5 Å². The third kappa shape index (κ3) is 3.88. The second-order valence-electron chi connectivity index (χ2n) is 7.00. The van der Waals surface area contributed by atoms with Crippen molar-refractivity contribution in [2.24, 2.45) is 0 Å². The van der Waals surface area contributed by atoms with Crippen molar-refractivity contribution in [2.45, 2.75) is 25.1 Å². The molecule has 0 radical (unpaired) electrons. The molecule has 1 fully saturated rings. The molecular weight excluding hydrogens is 372 g/mol. The number of benzene rings is 2. The molecule has 1 aliphatic heterocycles. The fraction of sp³-hybridized carbons (Fsp3) is 0.238. The first-order valence-corrected chi connectivity index (χ1v) is 9.26. The first-order chi connectivity index (χ1) is 14.0. The summed E-state index contributed by atoms with van der Waals surface area (Å²) < 4.78 is 0. The molecule has 4 rings (SSSR count). The number of carboxylic acids is 1. The molecule has 3 aromatic rings. The van der Waals surface area contributed by atoms with Crippen molar-refractivity contribution < 1.29 is 19.8 Å². The maximum absolute atomic E-state index is 12.9. The lowest BCUT2D eigenvalue weighted by molar-refractivity contribution is -0.122. The summed E-state index contributed by atoms with van der Waals surface area (Å²) in [5.41, 5.74) is 1.02. The number of aliphatic hydroxyl groups excluding tert-OH is 1. The van der Waals surface area contributed by atoms with Crippen molar-refractivity contribution in [1.29, 1.82) is 0 Å². The van der Waals surface area contributed by atoms with Gasteiger partial charge in [0.05, 0.1) is 11.7 Å². The predicted molar refractivity (Wildman–Crippen MR) is 107 cm³/mol.